The SMILES string of the molecule is Cc1cccc(OC[C@@]2(O)CCN(CC(=O)O)C2)c1. The van der Waals surface area contributed by atoms with Crippen LogP contribution in [0.5, 0.6) is 5.75 Å². The quantitative estimate of drug-likeness (QED) is 0.827. The maximum atomic E-state index is 10.6. The molecule has 1 heterocycles. The monoisotopic (exact) mass is 265 g/mol. The van der Waals surface area contributed by atoms with Crippen molar-refractivity contribution in [3.63, 3.8) is 0 Å². The molecule has 1 aliphatic heterocycles. The van der Waals surface area contributed by atoms with Crippen molar-refractivity contribution in [1.82, 2.24) is 4.90 Å². The Hall–Kier alpha value is -1.59. The average molecular weight is 265 g/mol. The lowest BCUT2D eigenvalue weighted by atomic mass is 10.1. The van der Waals surface area contributed by atoms with Crippen molar-refractivity contribution in [3.8, 4) is 5.75 Å². The van der Waals surface area contributed by atoms with Crippen LogP contribution < -0.4 is 4.74 Å². The Kier molecular flexibility index (Phi) is 4.07. The molecule has 1 aliphatic rings. The Bertz CT molecular complexity index is 463. The minimum Gasteiger partial charge on any atom is -0.491 e. The van der Waals surface area contributed by atoms with Crippen LogP contribution in [0.3, 0.4) is 0 Å². The molecule has 2 N–H and O–H groups in total. The van der Waals surface area contributed by atoms with Crippen molar-refractivity contribution in [2.24, 2.45) is 0 Å². The summed E-state index contributed by atoms with van der Waals surface area (Å²) in [6, 6.07) is 7.64. The summed E-state index contributed by atoms with van der Waals surface area (Å²) in [6.07, 6.45) is 0.534. The van der Waals surface area contributed by atoms with Gasteiger partial charge in [-0.1, -0.05) is 12.1 Å². The molecule has 0 spiro atoms. The number of β-amino-alcohol motifs (C(OH)–C–C–N with tert-alkyl or cyclic N) is 1. The van der Waals surface area contributed by atoms with E-state index in [0.717, 1.165) is 11.3 Å². The van der Waals surface area contributed by atoms with Gasteiger partial charge in [-0.15, -0.1) is 0 Å². The second-order valence-corrected chi connectivity index (χ2v) is 5.18. The van der Waals surface area contributed by atoms with Gasteiger partial charge in [0.05, 0.1) is 6.54 Å². The van der Waals surface area contributed by atoms with Gasteiger partial charge in [-0.25, -0.2) is 0 Å². The Morgan fingerprint density at radius 1 is 1.53 bits per heavy atom. The molecule has 5 nitrogen and oxygen atoms in total. The number of aliphatic carboxylic acids is 1. The zero-order chi connectivity index (χ0) is 13.9. The highest BCUT2D eigenvalue weighted by atomic mass is 16.5. The lowest BCUT2D eigenvalue weighted by molar-refractivity contribution is -0.138. The maximum absolute atomic E-state index is 10.6. The number of likely N-dealkylation sites (tertiary alicyclic amines) is 1. The zero-order valence-corrected chi connectivity index (χ0v) is 11.0. The number of carboxylic acid groups (broad SMARTS) is 1. The highest BCUT2D eigenvalue weighted by Crippen LogP contribution is 2.23. The maximum Gasteiger partial charge on any atom is 0.317 e. The zero-order valence-electron chi connectivity index (χ0n) is 11.0. The Labute approximate surface area is 112 Å². The first-order valence-corrected chi connectivity index (χ1v) is 6.33. The van der Waals surface area contributed by atoms with Gasteiger partial charge >= 0.3 is 5.97 Å². The number of aliphatic hydroxyl groups is 1. The Morgan fingerprint density at radius 3 is 3.00 bits per heavy atom. The third-order valence-corrected chi connectivity index (χ3v) is 3.27. The molecular weight excluding hydrogens is 246 g/mol. The molecule has 1 fully saturated rings. The fourth-order valence-corrected chi connectivity index (χ4v) is 2.31. The highest BCUT2D eigenvalue weighted by molar-refractivity contribution is 5.69. The van der Waals surface area contributed by atoms with Gasteiger partial charge in [0.2, 0.25) is 0 Å². The van der Waals surface area contributed by atoms with E-state index in [1.165, 1.54) is 0 Å². The normalized spacial score (nSPS) is 23.5. The number of benzene rings is 1. The van der Waals surface area contributed by atoms with E-state index in [1.807, 2.05) is 31.2 Å². The molecule has 1 aromatic carbocycles. The van der Waals surface area contributed by atoms with Gasteiger partial charge in [0.1, 0.15) is 18.0 Å². The van der Waals surface area contributed by atoms with E-state index in [-0.39, 0.29) is 13.2 Å². The first-order chi connectivity index (χ1) is 8.97. The van der Waals surface area contributed by atoms with Gasteiger partial charge in [0, 0.05) is 13.1 Å². The summed E-state index contributed by atoms with van der Waals surface area (Å²) in [4.78, 5) is 12.4. The first-order valence-electron chi connectivity index (χ1n) is 6.33. The fraction of sp³-hybridized carbons (Fsp3) is 0.500. The summed E-state index contributed by atoms with van der Waals surface area (Å²) in [6.45, 7) is 3.05. The summed E-state index contributed by atoms with van der Waals surface area (Å²) in [5.41, 5.74) is 0.141. The minimum atomic E-state index is -0.959. The Morgan fingerprint density at radius 2 is 2.32 bits per heavy atom. The smallest absolute Gasteiger partial charge is 0.317 e. The van der Waals surface area contributed by atoms with E-state index in [0.29, 0.717) is 19.5 Å². The van der Waals surface area contributed by atoms with Gasteiger partial charge in [-0.3, -0.25) is 9.69 Å². The third kappa shape index (κ3) is 3.94. The molecule has 5 heteroatoms. The number of ether oxygens (including phenoxy) is 1. The molecule has 0 amide bonds. The summed E-state index contributed by atoms with van der Waals surface area (Å²) in [7, 11) is 0. The van der Waals surface area contributed by atoms with E-state index in [2.05, 4.69) is 0 Å². The van der Waals surface area contributed by atoms with Gasteiger partial charge in [0.25, 0.3) is 0 Å². The minimum absolute atomic E-state index is 0.0350. The van der Waals surface area contributed by atoms with Crippen LogP contribution in [0.2, 0.25) is 0 Å². The molecule has 1 saturated heterocycles. The van der Waals surface area contributed by atoms with E-state index in [9.17, 15) is 9.90 Å². The summed E-state index contributed by atoms with van der Waals surface area (Å²) >= 11 is 0. The fourth-order valence-electron chi connectivity index (χ4n) is 2.31. The molecule has 0 aromatic heterocycles. The van der Waals surface area contributed by atoms with E-state index in [4.69, 9.17) is 9.84 Å². The molecule has 1 aromatic rings. The van der Waals surface area contributed by atoms with Crippen LogP contribution in [0.15, 0.2) is 24.3 Å². The number of aryl methyl sites for hydroxylation is 1. The first kappa shape index (κ1) is 13.8. The third-order valence-electron chi connectivity index (χ3n) is 3.27. The molecule has 0 aliphatic carbocycles. The van der Waals surface area contributed by atoms with Crippen molar-refractivity contribution < 1.29 is 19.7 Å². The number of hydrogen-bond acceptors (Lipinski definition) is 4. The number of nitrogens with zero attached hydrogens (tertiary/aromatic N) is 1. The van der Waals surface area contributed by atoms with Crippen LogP contribution in [0.4, 0.5) is 0 Å². The van der Waals surface area contributed by atoms with Crippen molar-refractivity contribution in [2.45, 2.75) is 18.9 Å². The van der Waals surface area contributed by atoms with Crippen molar-refractivity contribution in [3.05, 3.63) is 29.8 Å². The van der Waals surface area contributed by atoms with Crippen LogP contribution in [0, 0.1) is 6.92 Å². The second kappa shape index (κ2) is 5.59. The topological polar surface area (TPSA) is 70.0 Å². The highest BCUT2D eigenvalue weighted by Gasteiger charge is 2.37. The van der Waals surface area contributed by atoms with Crippen molar-refractivity contribution in [2.75, 3.05) is 26.2 Å². The predicted octanol–water partition coefficient (Wildman–Crippen LogP) is 0.895. The van der Waals surface area contributed by atoms with Gasteiger partial charge in [-0.05, 0) is 31.0 Å². The average Bonchev–Trinajstić information content (AvgIpc) is 2.68. The van der Waals surface area contributed by atoms with Gasteiger partial charge in [0.15, 0.2) is 0 Å². The number of carbonyl (C=O) groups is 1. The molecule has 0 radical (unpaired) electrons. The molecule has 0 unspecified atom stereocenters. The van der Waals surface area contributed by atoms with Crippen LogP contribution in [0.1, 0.15) is 12.0 Å². The van der Waals surface area contributed by atoms with Crippen molar-refractivity contribution in [1.29, 1.82) is 0 Å². The standard InChI is InChI=1S/C14H19NO4/c1-11-3-2-4-12(7-11)19-10-14(18)5-6-15(9-14)8-13(16)17/h2-4,7,18H,5-6,8-10H2,1H3,(H,16,17)/t14-/m1/s1. The molecule has 0 bridgehead atoms. The van der Waals surface area contributed by atoms with Crippen LogP contribution in [-0.4, -0.2) is 52.9 Å². The largest absolute Gasteiger partial charge is 0.491 e. The van der Waals surface area contributed by atoms with E-state index in [1.54, 1.807) is 4.90 Å². The van der Waals surface area contributed by atoms with Crippen LogP contribution in [0.25, 0.3) is 0 Å². The van der Waals surface area contributed by atoms with Gasteiger partial charge < -0.3 is 14.9 Å². The Balaban J connectivity index is 1.87. The lowest BCUT2D eigenvalue weighted by Crippen LogP contribution is -2.40. The number of rotatable bonds is 5. The molecule has 2 rings (SSSR count). The molecule has 19 heavy (non-hydrogen) atoms. The second-order valence-electron chi connectivity index (χ2n) is 5.18. The summed E-state index contributed by atoms with van der Waals surface area (Å²) in [5, 5.41) is 19.1. The lowest BCUT2D eigenvalue weighted by Gasteiger charge is -2.23. The predicted molar refractivity (Wildman–Crippen MR) is 70.3 cm³/mol. The van der Waals surface area contributed by atoms with Crippen molar-refractivity contribution >= 4 is 5.97 Å². The van der Waals surface area contributed by atoms with Crippen LogP contribution >= 0.6 is 0 Å². The van der Waals surface area contributed by atoms with E-state index < -0.39 is 11.6 Å². The summed E-state index contributed by atoms with van der Waals surface area (Å²) < 4.78 is 5.60. The molecule has 104 valence electrons. The number of carboxylic acids is 1. The van der Waals surface area contributed by atoms with Crippen LogP contribution in [-0.2, 0) is 4.79 Å². The van der Waals surface area contributed by atoms with Gasteiger partial charge in [-0.2, -0.15) is 0 Å². The summed E-state index contributed by atoms with van der Waals surface area (Å²) in [5.74, 6) is -0.144. The number of hydrogen-bond donors (Lipinski definition) is 2. The molecule has 1 atom stereocenters. The van der Waals surface area contributed by atoms with E-state index >= 15 is 0 Å². The molecular formula is C14H19NO4. The molecule has 0 saturated carbocycles.